The number of pyridine rings is 1. The van der Waals surface area contributed by atoms with Gasteiger partial charge in [-0.2, -0.15) is 5.06 Å². The molecule has 1 aromatic heterocycles. The Labute approximate surface area is 254 Å². The Bertz CT molecular complexity index is 1700. The molecule has 238 valence electrons. The minimum absolute atomic E-state index is 0.00615. The summed E-state index contributed by atoms with van der Waals surface area (Å²) < 4.78 is 72.3. The number of rotatable bonds is 7. The second-order valence-electron chi connectivity index (χ2n) is 11.5. The van der Waals surface area contributed by atoms with Gasteiger partial charge in [0.05, 0.1) is 12.6 Å². The van der Waals surface area contributed by atoms with E-state index in [2.05, 4.69) is 0 Å². The Kier molecular flexibility index (Phi) is 7.91. The molecule has 2 amide bonds. The number of primary amides is 1. The number of benzene rings is 2. The van der Waals surface area contributed by atoms with E-state index in [-0.39, 0.29) is 31.7 Å². The smallest absolute Gasteiger partial charge is 0.274 e. The third-order valence-electron chi connectivity index (χ3n) is 8.85. The maximum Gasteiger partial charge on any atom is 0.274 e. The third kappa shape index (κ3) is 5.06. The molecule has 2 fully saturated rings. The average molecular weight is 631 g/mol. The fourth-order valence-electron chi connectivity index (χ4n) is 6.50. The Hall–Kier alpha value is -4.27. The zero-order valence-corrected chi connectivity index (χ0v) is 24.3. The van der Waals surface area contributed by atoms with Gasteiger partial charge in [-0.05, 0) is 25.3 Å². The summed E-state index contributed by atoms with van der Waals surface area (Å²) in [6, 6.07) is 8.30. The molecule has 0 aliphatic carbocycles. The van der Waals surface area contributed by atoms with Gasteiger partial charge in [0.2, 0.25) is 5.43 Å². The summed E-state index contributed by atoms with van der Waals surface area (Å²) in [5, 5.41) is 0.949. The predicted octanol–water partition coefficient (Wildman–Crippen LogP) is 3.62. The van der Waals surface area contributed by atoms with Crippen LogP contribution in [0.15, 0.2) is 53.5 Å². The molecule has 14 heteroatoms. The van der Waals surface area contributed by atoms with Crippen molar-refractivity contribution in [2.75, 3.05) is 13.7 Å². The van der Waals surface area contributed by atoms with Crippen molar-refractivity contribution in [2.45, 2.75) is 63.0 Å². The number of hydrogen-bond acceptors (Lipinski definition) is 7. The second-order valence-corrected chi connectivity index (χ2v) is 11.5. The van der Waals surface area contributed by atoms with E-state index in [4.69, 9.17) is 20.0 Å². The first-order valence-electron chi connectivity index (χ1n) is 14.3. The number of halogens is 4. The molecular weight excluding hydrogens is 600 g/mol. The average Bonchev–Trinajstić information content (AvgIpc) is 3.19. The maximum atomic E-state index is 16.8. The largest absolute Gasteiger partial charge is 0.483 e. The van der Waals surface area contributed by atoms with Crippen molar-refractivity contribution in [2.24, 2.45) is 5.73 Å². The molecule has 3 aliphatic heterocycles. The van der Waals surface area contributed by atoms with E-state index in [1.807, 2.05) is 0 Å². The van der Waals surface area contributed by atoms with Gasteiger partial charge in [0.1, 0.15) is 35.2 Å². The Morgan fingerprint density at radius 3 is 2.47 bits per heavy atom. The van der Waals surface area contributed by atoms with Crippen molar-refractivity contribution >= 4 is 11.8 Å². The number of fused-ring (bicyclic) bond motifs is 5. The molecule has 2 N–H and O–H groups in total. The van der Waals surface area contributed by atoms with Crippen LogP contribution < -0.4 is 15.9 Å². The van der Waals surface area contributed by atoms with Gasteiger partial charge < -0.3 is 24.7 Å². The highest BCUT2D eigenvalue weighted by Gasteiger charge is 2.63. The lowest BCUT2D eigenvalue weighted by Crippen LogP contribution is -2.55. The molecule has 3 aromatic rings. The highest BCUT2D eigenvalue weighted by Crippen LogP contribution is 2.50. The highest BCUT2D eigenvalue weighted by molar-refractivity contribution is 5.99. The molecule has 6 rings (SSSR count). The van der Waals surface area contributed by atoms with Crippen molar-refractivity contribution < 1.29 is 41.5 Å². The highest BCUT2D eigenvalue weighted by atomic mass is 19.1. The number of aromatic nitrogens is 1. The molecule has 1 unspecified atom stereocenters. The molecule has 2 saturated heterocycles. The van der Waals surface area contributed by atoms with Crippen LogP contribution in [0.5, 0.6) is 5.75 Å². The van der Waals surface area contributed by atoms with Gasteiger partial charge in [-0.15, -0.1) is 0 Å². The van der Waals surface area contributed by atoms with Gasteiger partial charge >= 0.3 is 0 Å². The van der Waals surface area contributed by atoms with Crippen LogP contribution >= 0.6 is 0 Å². The van der Waals surface area contributed by atoms with Crippen LogP contribution in [0.2, 0.25) is 0 Å². The molecule has 4 heterocycles. The lowest BCUT2D eigenvalue weighted by Gasteiger charge is -2.43. The number of nitrogens with zero attached hydrogens (tertiary/aromatic N) is 3. The van der Waals surface area contributed by atoms with Crippen molar-refractivity contribution in [1.82, 2.24) is 14.5 Å². The topological polar surface area (TPSA) is 116 Å². The van der Waals surface area contributed by atoms with Crippen LogP contribution in [0.25, 0.3) is 0 Å². The molecule has 3 aliphatic rings. The number of alkyl halides is 1. The fourth-order valence-corrected chi connectivity index (χ4v) is 6.50. The molecule has 10 nitrogen and oxygen atoms in total. The first-order valence-corrected chi connectivity index (χ1v) is 14.3. The quantitative estimate of drug-likeness (QED) is 0.397. The van der Waals surface area contributed by atoms with Gasteiger partial charge in [0.25, 0.3) is 11.8 Å². The zero-order chi connectivity index (χ0) is 32.2. The van der Waals surface area contributed by atoms with Gasteiger partial charge in [-0.3, -0.25) is 19.2 Å². The maximum absolute atomic E-state index is 16.8. The SMILES string of the molecule is COC1[C@@H](F)[C@]2(CC[C@H](C)N3C[C@H]2n2cc(C(N)=O)c(=O)c(OCc4ccccc4)c2C3=O)ON1Cc1c(F)cc(F)cc1F. The van der Waals surface area contributed by atoms with Crippen LogP contribution in [-0.2, 0) is 22.7 Å². The first kappa shape index (κ1) is 30.7. The normalized spacial score (nSPS) is 26.2. The van der Waals surface area contributed by atoms with Crippen molar-refractivity contribution in [3.63, 3.8) is 0 Å². The summed E-state index contributed by atoms with van der Waals surface area (Å²) in [7, 11) is 1.20. The molecule has 0 saturated carbocycles. The summed E-state index contributed by atoms with van der Waals surface area (Å²) in [6.45, 7) is 0.899. The van der Waals surface area contributed by atoms with Crippen molar-refractivity contribution in [3.05, 3.63) is 98.7 Å². The van der Waals surface area contributed by atoms with Crippen LogP contribution in [0, 0.1) is 17.5 Å². The van der Waals surface area contributed by atoms with E-state index in [1.165, 1.54) is 16.6 Å². The summed E-state index contributed by atoms with van der Waals surface area (Å²) in [5.41, 5.74) is 2.26. The van der Waals surface area contributed by atoms with Crippen LogP contribution in [0.3, 0.4) is 0 Å². The summed E-state index contributed by atoms with van der Waals surface area (Å²) in [5.74, 6) is -5.60. The van der Waals surface area contributed by atoms with Gasteiger partial charge in [0.15, 0.2) is 23.8 Å². The minimum atomic E-state index is -1.96. The predicted molar refractivity (Wildman–Crippen MR) is 150 cm³/mol. The minimum Gasteiger partial charge on any atom is -0.483 e. The number of ether oxygens (including phenoxy) is 2. The Morgan fingerprint density at radius 2 is 1.82 bits per heavy atom. The molecule has 1 spiro atoms. The Morgan fingerprint density at radius 1 is 1.13 bits per heavy atom. The zero-order valence-electron chi connectivity index (χ0n) is 24.3. The van der Waals surface area contributed by atoms with E-state index < -0.39 is 88.2 Å². The second kappa shape index (κ2) is 11.6. The number of methoxy groups -OCH3 is 1. The van der Waals surface area contributed by atoms with E-state index in [0.717, 1.165) is 11.3 Å². The molecular formula is C31H30F4N4O6. The van der Waals surface area contributed by atoms with Crippen molar-refractivity contribution in [1.29, 1.82) is 0 Å². The van der Waals surface area contributed by atoms with Gasteiger partial charge in [0, 0.05) is 43.6 Å². The van der Waals surface area contributed by atoms with Crippen LogP contribution in [-0.4, -0.2) is 64.0 Å². The van der Waals surface area contributed by atoms with Crippen LogP contribution in [0.4, 0.5) is 17.6 Å². The van der Waals surface area contributed by atoms with Crippen LogP contribution in [0.1, 0.15) is 57.8 Å². The monoisotopic (exact) mass is 630 g/mol. The van der Waals surface area contributed by atoms with Gasteiger partial charge in [-0.25, -0.2) is 17.6 Å². The molecule has 5 atom stereocenters. The summed E-state index contributed by atoms with van der Waals surface area (Å²) in [6.07, 6.45) is -2.08. The summed E-state index contributed by atoms with van der Waals surface area (Å²) in [4.78, 5) is 47.7. The van der Waals surface area contributed by atoms with Gasteiger partial charge in [-0.1, -0.05) is 30.3 Å². The first-order chi connectivity index (χ1) is 21.5. The molecule has 2 aromatic carbocycles. The van der Waals surface area contributed by atoms with Crippen molar-refractivity contribution in [3.8, 4) is 5.75 Å². The summed E-state index contributed by atoms with van der Waals surface area (Å²) >= 11 is 0. The number of hydroxylamine groups is 2. The van der Waals surface area contributed by atoms with E-state index in [1.54, 1.807) is 37.3 Å². The number of hydrogen-bond donors (Lipinski definition) is 1. The standard InChI is InChI=1S/C31H30F4N4O6/c1-16-8-9-31(27(35)30(43-2)39(45-31)13-19-21(33)10-18(32)11-22(19)34)23-14-37(16)29(42)24-26(44-15-17-6-4-3-5-7-17)25(40)20(28(36)41)12-38(23)24/h3-7,10-12,16,23,27,30H,8-9,13-15H2,1-2H3,(H2,36,41)/t16-,23+,27+,30?,31+/m0/s1. The number of amides is 2. The lowest BCUT2D eigenvalue weighted by atomic mass is 9.83. The number of carbonyl (C=O) groups is 2. The number of nitrogens with two attached hydrogens (primary N) is 1. The van der Waals surface area contributed by atoms with E-state index in [9.17, 15) is 27.6 Å². The third-order valence-corrected chi connectivity index (χ3v) is 8.85. The lowest BCUT2D eigenvalue weighted by molar-refractivity contribution is -0.253. The van der Waals surface area contributed by atoms with E-state index >= 15 is 4.39 Å². The molecule has 2 bridgehead atoms. The molecule has 0 radical (unpaired) electrons. The molecule has 45 heavy (non-hydrogen) atoms. The van der Waals surface area contributed by atoms with E-state index in [0.29, 0.717) is 17.7 Å². The fraction of sp³-hybridized carbons (Fsp3) is 0.387. The number of carbonyl (C=O) groups excluding carboxylic acids is 2. The Balaban J connectivity index is 1.49.